The van der Waals surface area contributed by atoms with Gasteiger partial charge < -0.3 is 4.42 Å². The maximum atomic E-state index is 14.7. The highest BCUT2D eigenvalue weighted by atomic mass is 31.2. The fraction of sp³-hybridized carbons (Fsp3) is 0.138. The second-order valence-corrected chi connectivity index (χ2v) is 11.2. The lowest BCUT2D eigenvalue weighted by Crippen LogP contribution is -2.18. The molecule has 0 spiro atoms. The Hall–Kier alpha value is -3.50. The third-order valence-electron chi connectivity index (χ3n) is 6.70. The fourth-order valence-electron chi connectivity index (χ4n) is 4.91. The molecule has 0 saturated carbocycles. The lowest BCUT2D eigenvalue weighted by molar-refractivity contribution is 0.436. The quantitative estimate of drug-likeness (QED) is 0.192. The lowest BCUT2D eigenvalue weighted by Gasteiger charge is -2.27. The van der Waals surface area contributed by atoms with Gasteiger partial charge in [0.05, 0.1) is 12.5 Å². The van der Waals surface area contributed by atoms with E-state index < -0.39 is 7.59 Å². The Bertz CT molecular complexity index is 1460. The fourth-order valence-corrected chi connectivity index (χ4v) is 7.20. The van der Waals surface area contributed by atoms with E-state index in [1.807, 2.05) is 33.6 Å². The normalized spacial score (nSPS) is 16.6. The van der Waals surface area contributed by atoms with Crippen LogP contribution < -0.4 is 0 Å². The lowest BCUT2D eigenvalue weighted by atomic mass is 10.0. The van der Waals surface area contributed by atoms with Crippen LogP contribution in [-0.4, -0.2) is 28.6 Å². The van der Waals surface area contributed by atoms with E-state index in [9.17, 15) is 4.57 Å². The van der Waals surface area contributed by atoms with Gasteiger partial charge in [0.2, 0.25) is 0 Å². The summed E-state index contributed by atoms with van der Waals surface area (Å²) < 4.78 is 28.9. The van der Waals surface area contributed by atoms with Gasteiger partial charge in [0.25, 0.3) is 0 Å². The maximum Gasteiger partial charge on any atom is 0.330 e. The molecule has 35 heavy (non-hydrogen) atoms. The van der Waals surface area contributed by atoms with Gasteiger partial charge in [-0.05, 0) is 44.8 Å². The second-order valence-electron chi connectivity index (χ2n) is 8.83. The van der Waals surface area contributed by atoms with Crippen molar-refractivity contribution >= 4 is 35.4 Å². The SMILES string of the molecule is O=P1(/N=C/c2ccco2)N(Cc2cccc3ccccc23)CCN1Cc1cccc2ccccc12. The molecule has 1 aliphatic rings. The van der Waals surface area contributed by atoms with Crippen LogP contribution in [0.3, 0.4) is 0 Å². The van der Waals surface area contributed by atoms with Crippen LogP contribution in [0, 0.1) is 0 Å². The number of hydrogen-bond donors (Lipinski definition) is 0. The maximum absolute atomic E-state index is 14.7. The van der Waals surface area contributed by atoms with Crippen molar-refractivity contribution in [2.45, 2.75) is 13.1 Å². The molecule has 0 bridgehead atoms. The van der Waals surface area contributed by atoms with Crippen molar-refractivity contribution in [2.24, 2.45) is 4.76 Å². The molecule has 6 heteroatoms. The third-order valence-corrected chi connectivity index (χ3v) is 9.27. The first-order valence-corrected chi connectivity index (χ1v) is 13.4. The molecule has 1 fully saturated rings. The summed E-state index contributed by atoms with van der Waals surface area (Å²) in [6, 6.07) is 32.9. The molecule has 0 radical (unpaired) electrons. The number of fused-ring (bicyclic) bond motifs is 2. The van der Waals surface area contributed by atoms with E-state index in [-0.39, 0.29) is 0 Å². The molecule has 4 aromatic carbocycles. The summed E-state index contributed by atoms with van der Waals surface area (Å²) in [6.07, 6.45) is 3.21. The molecular weight excluding hydrogens is 453 g/mol. The predicted molar refractivity (Wildman–Crippen MR) is 143 cm³/mol. The van der Waals surface area contributed by atoms with E-state index in [1.165, 1.54) is 21.5 Å². The van der Waals surface area contributed by atoms with Gasteiger partial charge in [0.15, 0.2) is 0 Å². The minimum Gasteiger partial charge on any atom is -0.463 e. The smallest absolute Gasteiger partial charge is 0.330 e. The van der Waals surface area contributed by atoms with Crippen LogP contribution in [0.2, 0.25) is 0 Å². The molecule has 0 aliphatic carbocycles. The zero-order valence-electron chi connectivity index (χ0n) is 19.3. The monoisotopic (exact) mass is 479 g/mol. The summed E-state index contributed by atoms with van der Waals surface area (Å²) in [6.45, 7) is 2.50. The molecule has 5 aromatic rings. The molecule has 1 saturated heterocycles. The van der Waals surface area contributed by atoms with Crippen molar-refractivity contribution in [1.82, 2.24) is 9.34 Å². The summed E-state index contributed by atoms with van der Waals surface area (Å²) in [5, 5.41) is 4.74. The Labute approximate surface area is 204 Å². The predicted octanol–water partition coefficient (Wildman–Crippen LogP) is 7.13. The Kier molecular flexibility index (Phi) is 5.83. The molecule has 2 heterocycles. The second kappa shape index (κ2) is 9.27. The summed E-state index contributed by atoms with van der Waals surface area (Å²) in [5.74, 6) is 0.599. The van der Waals surface area contributed by atoms with Gasteiger partial charge in [-0.3, -0.25) is 4.57 Å². The van der Waals surface area contributed by atoms with Gasteiger partial charge in [-0.2, -0.15) is 0 Å². The van der Waals surface area contributed by atoms with E-state index in [0.29, 0.717) is 31.9 Å². The summed E-state index contributed by atoms with van der Waals surface area (Å²) in [5.41, 5.74) is 2.31. The molecule has 0 unspecified atom stereocenters. The molecule has 1 aliphatic heterocycles. The van der Waals surface area contributed by atoms with Crippen LogP contribution in [0.4, 0.5) is 0 Å². The van der Waals surface area contributed by atoms with E-state index in [4.69, 9.17) is 9.18 Å². The minimum absolute atomic E-state index is 0.570. The molecular formula is C29H26N3O2P. The topological polar surface area (TPSA) is 49.1 Å². The van der Waals surface area contributed by atoms with Crippen LogP contribution in [0.15, 0.2) is 113 Å². The number of rotatable bonds is 6. The minimum atomic E-state index is -3.24. The number of furan rings is 1. The van der Waals surface area contributed by atoms with Crippen LogP contribution in [0.25, 0.3) is 21.5 Å². The largest absolute Gasteiger partial charge is 0.463 e. The van der Waals surface area contributed by atoms with Crippen molar-refractivity contribution in [3.63, 3.8) is 0 Å². The highest BCUT2D eigenvalue weighted by Gasteiger charge is 2.43. The Morgan fingerprint density at radius 3 is 1.80 bits per heavy atom. The van der Waals surface area contributed by atoms with Gasteiger partial charge in [-0.1, -0.05) is 84.9 Å². The first-order chi connectivity index (χ1) is 17.2. The summed E-state index contributed by atoms with van der Waals surface area (Å²) in [7, 11) is -3.24. The van der Waals surface area contributed by atoms with Gasteiger partial charge in [-0.25, -0.2) is 14.1 Å². The first-order valence-electron chi connectivity index (χ1n) is 11.8. The Balaban J connectivity index is 1.37. The number of hydrogen-bond acceptors (Lipinski definition) is 2. The zero-order chi connectivity index (χ0) is 23.7. The molecule has 0 atom stereocenters. The average molecular weight is 480 g/mol. The van der Waals surface area contributed by atoms with Crippen LogP contribution in [0.1, 0.15) is 16.9 Å². The Morgan fingerprint density at radius 2 is 1.26 bits per heavy atom. The first kappa shape index (κ1) is 22.0. The molecule has 6 rings (SSSR count). The van der Waals surface area contributed by atoms with Gasteiger partial charge in [0, 0.05) is 26.2 Å². The molecule has 0 N–H and O–H groups in total. The summed E-state index contributed by atoms with van der Waals surface area (Å²) >= 11 is 0. The molecule has 1 aromatic heterocycles. The van der Waals surface area contributed by atoms with E-state index in [2.05, 4.69) is 72.8 Å². The van der Waals surface area contributed by atoms with Crippen molar-refractivity contribution in [3.05, 3.63) is 120 Å². The van der Waals surface area contributed by atoms with E-state index >= 15 is 0 Å². The van der Waals surface area contributed by atoms with Crippen LogP contribution >= 0.6 is 7.59 Å². The van der Waals surface area contributed by atoms with Crippen molar-refractivity contribution in [1.29, 1.82) is 0 Å². The zero-order valence-corrected chi connectivity index (χ0v) is 20.2. The van der Waals surface area contributed by atoms with Crippen molar-refractivity contribution in [3.8, 4) is 0 Å². The van der Waals surface area contributed by atoms with Crippen molar-refractivity contribution < 1.29 is 8.98 Å². The van der Waals surface area contributed by atoms with Gasteiger partial charge in [-0.15, -0.1) is 0 Å². The highest BCUT2D eigenvalue weighted by molar-refractivity contribution is 7.58. The third kappa shape index (κ3) is 4.23. The number of nitrogens with zero attached hydrogens (tertiary/aromatic N) is 3. The van der Waals surface area contributed by atoms with Gasteiger partial charge >= 0.3 is 7.59 Å². The molecule has 5 nitrogen and oxygen atoms in total. The Morgan fingerprint density at radius 1 is 0.714 bits per heavy atom. The van der Waals surface area contributed by atoms with Crippen LogP contribution in [0.5, 0.6) is 0 Å². The standard InChI is InChI=1S/C29H26N3O2P/c33-35(30-20-27-14-7-19-34-27)31(21-25-12-5-10-23-8-1-3-15-28(23)25)17-18-32(35)22-26-13-6-11-24-9-2-4-16-29(24)26/h1-16,19-20H,17-18,21-22H2/b30-20+. The van der Waals surface area contributed by atoms with E-state index in [1.54, 1.807) is 12.5 Å². The van der Waals surface area contributed by atoms with E-state index in [0.717, 1.165) is 11.1 Å². The molecule has 0 amide bonds. The number of benzene rings is 4. The molecule has 174 valence electrons. The average Bonchev–Trinajstić information content (AvgIpc) is 3.52. The van der Waals surface area contributed by atoms with Gasteiger partial charge in [0.1, 0.15) is 5.76 Å². The van der Waals surface area contributed by atoms with Crippen LogP contribution in [-0.2, 0) is 17.7 Å². The van der Waals surface area contributed by atoms with Crippen molar-refractivity contribution in [2.75, 3.05) is 13.1 Å². The summed E-state index contributed by atoms with van der Waals surface area (Å²) in [4.78, 5) is 0. The highest BCUT2D eigenvalue weighted by Crippen LogP contribution is 2.59.